The molecule has 2 aromatic carbocycles. The van der Waals surface area contributed by atoms with E-state index in [2.05, 4.69) is 48.6 Å². The maximum atomic E-state index is 10.1. The molecule has 6 heterocycles. The smallest absolute Gasteiger partial charge is 0.319 e. The summed E-state index contributed by atoms with van der Waals surface area (Å²) in [5.41, 5.74) is 3.72. The van der Waals surface area contributed by atoms with Crippen molar-refractivity contribution in [2.75, 3.05) is 37.7 Å². The minimum Gasteiger partial charge on any atom is -0.461 e. The van der Waals surface area contributed by atoms with E-state index in [1.807, 2.05) is 18.3 Å². The molecule has 2 aromatic heterocycles. The quantitative estimate of drug-likeness (QED) is 0.340. The van der Waals surface area contributed by atoms with Crippen LogP contribution in [0.15, 0.2) is 42.6 Å². The molecule has 4 aromatic rings. The van der Waals surface area contributed by atoms with Crippen LogP contribution < -0.4 is 20.3 Å². The van der Waals surface area contributed by atoms with E-state index in [9.17, 15) is 5.11 Å². The molecular formula is C32H37N6O2P. The summed E-state index contributed by atoms with van der Waals surface area (Å²) in [6, 6.07) is 13.7. The first-order chi connectivity index (χ1) is 20.1. The van der Waals surface area contributed by atoms with E-state index in [1.54, 1.807) is 0 Å². The third-order valence-corrected chi connectivity index (χ3v) is 10.5. The summed E-state index contributed by atoms with van der Waals surface area (Å²) in [4.78, 5) is 20.2. The summed E-state index contributed by atoms with van der Waals surface area (Å²) in [6.07, 6.45) is 9.20. The van der Waals surface area contributed by atoms with Crippen molar-refractivity contribution in [3.63, 3.8) is 0 Å². The minimum absolute atomic E-state index is 0.0253. The highest BCUT2D eigenvalue weighted by Gasteiger charge is 2.45. The molecule has 8 nitrogen and oxygen atoms in total. The molecule has 8 rings (SSSR count). The second-order valence-corrected chi connectivity index (χ2v) is 12.9. The van der Waals surface area contributed by atoms with Gasteiger partial charge in [0.1, 0.15) is 12.4 Å². The number of anilines is 1. The third-order valence-electron chi connectivity index (χ3n) is 9.95. The highest BCUT2D eigenvalue weighted by Crippen LogP contribution is 2.40. The molecule has 0 aliphatic carbocycles. The molecule has 0 amide bonds. The van der Waals surface area contributed by atoms with E-state index < -0.39 is 0 Å². The molecule has 9 heteroatoms. The Hall–Kier alpha value is -2.90. The van der Waals surface area contributed by atoms with Crippen molar-refractivity contribution in [3.05, 3.63) is 48.2 Å². The zero-order chi connectivity index (χ0) is 27.6. The van der Waals surface area contributed by atoms with Gasteiger partial charge in [0, 0.05) is 42.2 Å². The van der Waals surface area contributed by atoms with E-state index in [4.69, 9.17) is 19.7 Å². The first-order valence-electron chi connectivity index (χ1n) is 15.1. The number of aliphatic hydroxyl groups is 1. The molecule has 0 saturated carbocycles. The number of piperazine rings is 1. The van der Waals surface area contributed by atoms with Gasteiger partial charge in [-0.1, -0.05) is 36.4 Å². The van der Waals surface area contributed by atoms with Crippen LogP contribution in [0.25, 0.3) is 32.9 Å². The lowest BCUT2D eigenvalue weighted by Gasteiger charge is -2.34. The summed E-state index contributed by atoms with van der Waals surface area (Å²) in [5, 5.41) is 17.9. The van der Waals surface area contributed by atoms with Gasteiger partial charge in [-0.15, -0.1) is 9.24 Å². The van der Waals surface area contributed by atoms with Crippen LogP contribution in [0.1, 0.15) is 44.1 Å². The van der Waals surface area contributed by atoms with Crippen LogP contribution in [0.5, 0.6) is 6.01 Å². The Balaban J connectivity index is 1.26. The molecule has 0 radical (unpaired) electrons. The van der Waals surface area contributed by atoms with Crippen LogP contribution in [0, 0.1) is 0 Å². The largest absolute Gasteiger partial charge is 0.461 e. The van der Waals surface area contributed by atoms with Crippen molar-refractivity contribution >= 4 is 42.0 Å². The fourth-order valence-corrected chi connectivity index (χ4v) is 8.42. The van der Waals surface area contributed by atoms with Gasteiger partial charge in [-0.25, -0.2) is 0 Å². The highest BCUT2D eigenvalue weighted by atomic mass is 31.0. The van der Waals surface area contributed by atoms with Gasteiger partial charge in [0.2, 0.25) is 0 Å². The molecule has 4 aliphatic heterocycles. The van der Waals surface area contributed by atoms with Crippen LogP contribution in [0.2, 0.25) is 0 Å². The Bertz CT molecular complexity index is 1620. The lowest BCUT2D eigenvalue weighted by atomic mass is 9.95. The van der Waals surface area contributed by atoms with Crippen LogP contribution in [0.3, 0.4) is 0 Å². The number of hydrogen-bond donors (Lipinski definition) is 2. The number of nitrogens with zero attached hydrogens (tertiary/aromatic N) is 5. The molecule has 2 bridgehead atoms. The molecule has 212 valence electrons. The van der Waals surface area contributed by atoms with E-state index >= 15 is 0 Å². The first-order valence-corrected chi connectivity index (χ1v) is 15.7. The number of aliphatic hydroxyl groups excluding tert-OH is 1. The normalized spacial score (nSPS) is 23.5. The number of hydrogen-bond acceptors (Lipinski definition) is 8. The molecule has 3 atom stereocenters. The number of ether oxygens (including phenoxy) is 1. The summed E-state index contributed by atoms with van der Waals surface area (Å²) in [7, 11) is 2.92. The number of benzene rings is 2. The SMILES string of the molecule is OCc1cccc2cccc(-c3ncc4c(N5CC6CCC(C5)N6)nc(OCC56CCCN5CCC6)nc4c3P)c12. The average molecular weight is 569 g/mol. The van der Waals surface area contributed by atoms with Gasteiger partial charge in [0.15, 0.2) is 0 Å². The number of nitrogens with one attached hydrogen (secondary N) is 1. The zero-order valence-corrected chi connectivity index (χ0v) is 24.5. The maximum absolute atomic E-state index is 10.1. The Morgan fingerprint density at radius 2 is 1.78 bits per heavy atom. The van der Waals surface area contributed by atoms with Crippen molar-refractivity contribution in [2.45, 2.75) is 62.8 Å². The van der Waals surface area contributed by atoms with Crippen molar-refractivity contribution in [1.29, 1.82) is 0 Å². The van der Waals surface area contributed by atoms with Gasteiger partial charge in [-0.2, -0.15) is 9.97 Å². The van der Waals surface area contributed by atoms with E-state index in [0.29, 0.717) is 24.7 Å². The number of rotatable bonds is 6. The van der Waals surface area contributed by atoms with Gasteiger partial charge in [-0.3, -0.25) is 9.88 Å². The van der Waals surface area contributed by atoms with Gasteiger partial charge in [-0.05, 0) is 68.0 Å². The Morgan fingerprint density at radius 3 is 2.54 bits per heavy atom. The number of fused-ring (bicyclic) bond motifs is 5. The van der Waals surface area contributed by atoms with Crippen LogP contribution in [-0.4, -0.2) is 75.4 Å². The lowest BCUT2D eigenvalue weighted by molar-refractivity contribution is 0.108. The number of aromatic nitrogens is 3. The Kier molecular flexibility index (Phi) is 6.37. The fraction of sp³-hybridized carbons (Fsp3) is 0.469. The monoisotopic (exact) mass is 568 g/mol. The average Bonchev–Trinajstić information content (AvgIpc) is 3.69. The van der Waals surface area contributed by atoms with Crippen molar-refractivity contribution in [2.24, 2.45) is 0 Å². The second kappa shape index (κ2) is 10.1. The minimum atomic E-state index is -0.0253. The highest BCUT2D eigenvalue weighted by molar-refractivity contribution is 7.28. The Morgan fingerprint density at radius 1 is 1.02 bits per heavy atom. The topological polar surface area (TPSA) is 86.6 Å². The lowest BCUT2D eigenvalue weighted by Crippen LogP contribution is -2.51. The fourth-order valence-electron chi connectivity index (χ4n) is 7.97. The molecule has 2 N–H and O–H groups in total. The molecule has 4 saturated heterocycles. The second-order valence-electron chi connectivity index (χ2n) is 12.3. The zero-order valence-electron chi connectivity index (χ0n) is 23.4. The maximum Gasteiger partial charge on any atom is 0.319 e. The number of pyridine rings is 1. The summed E-state index contributed by atoms with van der Waals surface area (Å²) < 4.78 is 6.54. The van der Waals surface area contributed by atoms with Crippen molar-refractivity contribution in [3.8, 4) is 17.3 Å². The summed E-state index contributed by atoms with van der Waals surface area (Å²) >= 11 is 0. The first kappa shape index (κ1) is 25.8. The molecule has 4 fully saturated rings. The molecule has 0 spiro atoms. The van der Waals surface area contributed by atoms with Crippen LogP contribution >= 0.6 is 9.24 Å². The molecule has 3 unspecified atom stereocenters. The van der Waals surface area contributed by atoms with Crippen LogP contribution in [0.4, 0.5) is 5.82 Å². The van der Waals surface area contributed by atoms with E-state index in [-0.39, 0.29) is 12.1 Å². The van der Waals surface area contributed by atoms with E-state index in [0.717, 1.165) is 62.7 Å². The van der Waals surface area contributed by atoms with Gasteiger partial charge in [0.25, 0.3) is 0 Å². The molecular weight excluding hydrogens is 531 g/mol. The van der Waals surface area contributed by atoms with Gasteiger partial charge in [0.05, 0.1) is 28.7 Å². The van der Waals surface area contributed by atoms with Gasteiger partial charge >= 0.3 is 6.01 Å². The molecule has 4 aliphatic rings. The van der Waals surface area contributed by atoms with Crippen molar-refractivity contribution in [1.82, 2.24) is 25.2 Å². The standard InChI is InChI=1S/C32H37N6O2P/c39-18-21-7-1-5-20-6-2-8-24(26(20)21)27-29(41)28-25(15-33-27)30(37-16-22-9-10-23(17-37)34-22)36-31(35-28)40-19-32-11-3-13-38(32)14-4-12-32/h1-2,5-8,15,22-23,34,39H,3-4,9-14,16-19,41H2. The predicted octanol–water partition coefficient (Wildman–Crippen LogP) is 3.79. The predicted molar refractivity (Wildman–Crippen MR) is 166 cm³/mol. The Labute approximate surface area is 242 Å². The molecule has 41 heavy (non-hydrogen) atoms. The van der Waals surface area contributed by atoms with Crippen molar-refractivity contribution < 1.29 is 9.84 Å². The van der Waals surface area contributed by atoms with Gasteiger partial charge < -0.3 is 20.1 Å². The third kappa shape index (κ3) is 4.30. The summed E-state index contributed by atoms with van der Waals surface area (Å²) in [6.45, 7) is 4.80. The van der Waals surface area contributed by atoms with Crippen LogP contribution in [-0.2, 0) is 6.61 Å². The summed E-state index contributed by atoms with van der Waals surface area (Å²) in [5.74, 6) is 0.923. The van der Waals surface area contributed by atoms with E-state index in [1.165, 1.54) is 51.6 Å².